The zero-order chi connectivity index (χ0) is 16.2. The van der Waals surface area contributed by atoms with E-state index in [0.717, 1.165) is 38.0 Å². The van der Waals surface area contributed by atoms with Crippen LogP contribution in [0.1, 0.15) is 39.2 Å². The van der Waals surface area contributed by atoms with Gasteiger partial charge in [-0.3, -0.25) is 4.90 Å². The summed E-state index contributed by atoms with van der Waals surface area (Å²) in [5.41, 5.74) is 0.662. The lowest BCUT2D eigenvalue weighted by molar-refractivity contribution is 0.0470. The molecular weight excluding hydrogens is 302 g/mol. The summed E-state index contributed by atoms with van der Waals surface area (Å²) in [6, 6.07) is 3.92. The number of hydrogen-bond donors (Lipinski definition) is 1. The normalized spacial score (nSPS) is 19.7. The lowest BCUT2D eigenvalue weighted by Gasteiger charge is -2.33. The van der Waals surface area contributed by atoms with Crippen molar-refractivity contribution in [3.8, 4) is 0 Å². The third-order valence-electron chi connectivity index (χ3n) is 3.42. The number of carbonyl (C=O) groups excluding carboxylic acids is 1. The average molecular weight is 326 g/mol. The highest BCUT2D eigenvalue weighted by Gasteiger charge is 2.24. The molecular formula is C16H24ClN3O2. The Bertz CT molecular complexity index is 499. The van der Waals surface area contributed by atoms with Gasteiger partial charge in [0.15, 0.2) is 0 Å². The number of hydrogen-bond acceptors (Lipinski definition) is 4. The predicted molar refractivity (Wildman–Crippen MR) is 86.9 cm³/mol. The van der Waals surface area contributed by atoms with E-state index in [4.69, 9.17) is 16.3 Å². The van der Waals surface area contributed by atoms with E-state index in [0.29, 0.717) is 5.15 Å². The second-order valence-corrected chi connectivity index (χ2v) is 7.10. The van der Waals surface area contributed by atoms with Crippen molar-refractivity contribution < 1.29 is 9.53 Å². The van der Waals surface area contributed by atoms with Crippen LogP contribution in [-0.4, -0.2) is 40.7 Å². The number of carbonyl (C=O) groups is 1. The molecule has 1 fully saturated rings. The van der Waals surface area contributed by atoms with Crippen LogP contribution in [0.15, 0.2) is 18.3 Å². The van der Waals surface area contributed by atoms with Gasteiger partial charge in [0.2, 0.25) is 0 Å². The minimum Gasteiger partial charge on any atom is -0.444 e. The van der Waals surface area contributed by atoms with E-state index in [1.54, 1.807) is 12.3 Å². The summed E-state index contributed by atoms with van der Waals surface area (Å²) in [6.45, 7) is 8.27. The van der Waals surface area contributed by atoms with Crippen LogP contribution in [0.3, 0.4) is 0 Å². The molecule has 1 aliphatic heterocycles. The van der Waals surface area contributed by atoms with Gasteiger partial charge in [0.1, 0.15) is 10.8 Å². The van der Waals surface area contributed by atoms with Gasteiger partial charge in [0.05, 0.1) is 0 Å². The summed E-state index contributed by atoms with van der Waals surface area (Å²) in [7, 11) is 0. The fraction of sp³-hybridized carbons (Fsp3) is 0.625. The number of halogens is 1. The molecule has 1 aromatic heterocycles. The molecule has 22 heavy (non-hydrogen) atoms. The fourth-order valence-corrected chi connectivity index (χ4v) is 2.66. The van der Waals surface area contributed by atoms with Gasteiger partial charge in [0.25, 0.3) is 0 Å². The SMILES string of the molecule is CC(C)(C)OC(=O)N[C@H]1CCCN(Cc2ccc(Cl)nc2)C1. The first-order chi connectivity index (χ1) is 10.3. The number of alkyl carbamates (subject to hydrolysis) is 1. The van der Waals surface area contributed by atoms with Crippen molar-refractivity contribution in [2.45, 2.75) is 51.8 Å². The largest absolute Gasteiger partial charge is 0.444 e. The summed E-state index contributed by atoms with van der Waals surface area (Å²) >= 11 is 5.80. The van der Waals surface area contributed by atoms with Crippen molar-refractivity contribution in [1.29, 1.82) is 0 Å². The molecule has 5 nitrogen and oxygen atoms in total. The van der Waals surface area contributed by atoms with Gasteiger partial charge in [0, 0.05) is 25.3 Å². The van der Waals surface area contributed by atoms with Crippen LogP contribution in [0.25, 0.3) is 0 Å². The van der Waals surface area contributed by atoms with Crippen LogP contribution in [0.4, 0.5) is 4.79 Å². The molecule has 0 spiro atoms. The summed E-state index contributed by atoms with van der Waals surface area (Å²) in [6.07, 6.45) is 3.50. The number of likely N-dealkylation sites (tertiary alicyclic amines) is 1. The highest BCUT2D eigenvalue weighted by molar-refractivity contribution is 6.29. The molecule has 1 aliphatic rings. The van der Waals surface area contributed by atoms with E-state index >= 15 is 0 Å². The van der Waals surface area contributed by atoms with Gasteiger partial charge in [-0.05, 0) is 51.8 Å². The van der Waals surface area contributed by atoms with Crippen LogP contribution < -0.4 is 5.32 Å². The predicted octanol–water partition coefficient (Wildman–Crippen LogP) is 3.22. The number of nitrogens with zero attached hydrogens (tertiary/aromatic N) is 2. The van der Waals surface area contributed by atoms with Crippen molar-refractivity contribution >= 4 is 17.7 Å². The Morgan fingerprint density at radius 3 is 2.91 bits per heavy atom. The Morgan fingerprint density at radius 2 is 2.27 bits per heavy atom. The van der Waals surface area contributed by atoms with Crippen LogP contribution >= 0.6 is 11.6 Å². The molecule has 0 radical (unpaired) electrons. The van der Waals surface area contributed by atoms with Crippen molar-refractivity contribution in [3.63, 3.8) is 0 Å². The Labute approximate surface area is 137 Å². The molecule has 1 atom stereocenters. The molecule has 122 valence electrons. The number of aromatic nitrogens is 1. The minimum atomic E-state index is -0.465. The first-order valence-corrected chi connectivity index (χ1v) is 8.02. The Balaban J connectivity index is 1.83. The maximum absolute atomic E-state index is 11.9. The van der Waals surface area contributed by atoms with E-state index in [9.17, 15) is 4.79 Å². The van der Waals surface area contributed by atoms with Crippen molar-refractivity contribution in [2.24, 2.45) is 0 Å². The molecule has 0 saturated carbocycles. The van der Waals surface area contributed by atoms with Crippen LogP contribution in [0.2, 0.25) is 5.15 Å². The van der Waals surface area contributed by atoms with E-state index in [1.165, 1.54) is 0 Å². The smallest absolute Gasteiger partial charge is 0.407 e. The molecule has 0 bridgehead atoms. The number of rotatable bonds is 3. The molecule has 6 heteroatoms. The zero-order valence-electron chi connectivity index (χ0n) is 13.4. The second kappa shape index (κ2) is 7.29. The molecule has 2 rings (SSSR count). The highest BCUT2D eigenvalue weighted by Crippen LogP contribution is 2.15. The maximum atomic E-state index is 11.9. The van der Waals surface area contributed by atoms with E-state index in [1.807, 2.05) is 26.8 Å². The first kappa shape index (κ1) is 17.0. The number of piperidine rings is 1. The second-order valence-electron chi connectivity index (χ2n) is 6.71. The van der Waals surface area contributed by atoms with Gasteiger partial charge >= 0.3 is 6.09 Å². The number of pyridine rings is 1. The summed E-state index contributed by atoms with van der Waals surface area (Å²) in [4.78, 5) is 18.3. The summed E-state index contributed by atoms with van der Waals surface area (Å²) in [5.74, 6) is 0. The van der Waals surface area contributed by atoms with Gasteiger partial charge in [-0.2, -0.15) is 0 Å². The fourth-order valence-electron chi connectivity index (χ4n) is 2.55. The third-order valence-corrected chi connectivity index (χ3v) is 3.64. The van der Waals surface area contributed by atoms with Crippen LogP contribution in [-0.2, 0) is 11.3 Å². The van der Waals surface area contributed by atoms with E-state index in [2.05, 4.69) is 15.2 Å². The molecule has 1 amide bonds. The average Bonchev–Trinajstić information content (AvgIpc) is 2.39. The molecule has 1 saturated heterocycles. The quantitative estimate of drug-likeness (QED) is 0.867. The number of nitrogens with one attached hydrogen (secondary N) is 1. The van der Waals surface area contributed by atoms with Crippen molar-refractivity contribution in [2.75, 3.05) is 13.1 Å². The summed E-state index contributed by atoms with van der Waals surface area (Å²) < 4.78 is 5.31. The highest BCUT2D eigenvalue weighted by atomic mass is 35.5. The number of ether oxygens (including phenoxy) is 1. The van der Waals surface area contributed by atoms with Gasteiger partial charge in [-0.1, -0.05) is 17.7 Å². The topological polar surface area (TPSA) is 54.5 Å². The first-order valence-electron chi connectivity index (χ1n) is 7.64. The Morgan fingerprint density at radius 1 is 1.50 bits per heavy atom. The molecule has 0 aromatic carbocycles. The minimum absolute atomic E-state index is 0.129. The number of amides is 1. The van der Waals surface area contributed by atoms with Crippen molar-refractivity contribution in [1.82, 2.24) is 15.2 Å². The van der Waals surface area contributed by atoms with Crippen LogP contribution in [0.5, 0.6) is 0 Å². The van der Waals surface area contributed by atoms with Crippen LogP contribution in [0, 0.1) is 0 Å². The Hall–Kier alpha value is -1.33. The molecule has 0 aliphatic carbocycles. The van der Waals surface area contributed by atoms with Gasteiger partial charge in [-0.15, -0.1) is 0 Å². The van der Waals surface area contributed by atoms with Crippen molar-refractivity contribution in [3.05, 3.63) is 29.0 Å². The van der Waals surface area contributed by atoms with Gasteiger partial charge in [-0.25, -0.2) is 9.78 Å². The van der Waals surface area contributed by atoms with Gasteiger partial charge < -0.3 is 10.1 Å². The Kier molecular flexibility index (Phi) is 5.64. The molecule has 0 unspecified atom stereocenters. The molecule has 1 N–H and O–H groups in total. The standard InChI is InChI=1S/C16H24ClN3O2/c1-16(2,3)22-15(21)19-13-5-4-8-20(11-13)10-12-6-7-14(17)18-9-12/h6-7,9,13H,4-5,8,10-11H2,1-3H3,(H,19,21)/t13-/m0/s1. The lowest BCUT2D eigenvalue weighted by atomic mass is 10.1. The van der Waals surface area contributed by atoms with E-state index < -0.39 is 5.60 Å². The van der Waals surface area contributed by atoms with E-state index in [-0.39, 0.29) is 12.1 Å². The zero-order valence-corrected chi connectivity index (χ0v) is 14.2. The molecule has 1 aromatic rings. The maximum Gasteiger partial charge on any atom is 0.407 e. The molecule has 2 heterocycles. The monoisotopic (exact) mass is 325 g/mol. The third kappa shape index (κ3) is 5.81. The lowest BCUT2D eigenvalue weighted by Crippen LogP contribution is -2.48. The summed E-state index contributed by atoms with van der Waals surface area (Å²) in [5, 5.41) is 3.47.